The van der Waals surface area contributed by atoms with Gasteiger partial charge in [-0.1, -0.05) is 0 Å². The number of aliphatic hydroxyl groups is 1. The number of carbonyl (C=O) groups excluding carboxylic acids is 1. The average Bonchev–Trinajstić information content (AvgIpc) is 2.81. The molecule has 142 valence electrons. The summed E-state index contributed by atoms with van der Waals surface area (Å²) < 4.78 is 11.2. The van der Waals surface area contributed by atoms with Crippen molar-refractivity contribution in [2.45, 2.75) is 31.8 Å². The topological polar surface area (TPSA) is 71.0 Å². The predicted molar refractivity (Wildman–Crippen MR) is 100 cm³/mol. The molecule has 1 fully saturated rings. The van der Waals surface area contributed by atoms with Crippen LogP contribution in [0.5, 0.6) is 11.5 Å². The van der Waals surface area contributed by atoms with Crippen molar-refractivity contribution in [2.75, 3.05) is 39.9 Å². The molecule has 2 aliphatic heterocycles. The summed E-state index contributed by atoms with van der Waals surface area (Å²) in [5, 5.41) is 13.5. The van der Waals surface area contributed by atoms with Crippen LogP contribution < -0.4 is 14.8 Å². The van der Waals surface area contributed by atoms with Gasteiger partial charge in [-0.25, -0.2) is 0 Å². The highest BCUT2D eigenvalue weighted by Crippen LogP contribution is 2.30. The number of carbonyl (C=O) groups is 1. The monoisotopic (exact) mass is 360 g/mol. The van der Waals surface area contributed by atoms with Gasteiger partial charge < -0.3 is 19.9 Å². The third-order valence-electron chi connectivity index (χ3n) is 5.09. The lowest BCUT2D eigenvalue weighted by Gasteiger charge is -2.27. The van der Waals surface area contributed by atoms with E-state index in [1.807, 2.05) is 18.2 Å². The Labute approximate surface area is 154 Å². The van der Waals surface area contributed by atoms with E-state index in [0.717, 1.165) is 43.1 Å². The van der Waals surface area contributed by atoms with Gasteiger partial charge in [0.05, 0.1) is 12.7 Å². The first-order chi connectivity index (χ1) is 12.5. The Balaban J connectivity index is 1.61. The second kappa shape index (κ2) is 8.10. The van der Waals surface area contributed by atoms with Crippen molar-refractivity contribution < 1.29 is 19.4 Å². The van der Waals surface area contributed by atoms with Crippen LogP contribution in [0.1, 0.15) is 31.7 Å². The van der Waals surface area contributed by atoms with Gasteiger partial charge in [0.2, 0.25) is 5.91 Å². The Morgan fingerprint density at radius 1 is 1.38 bits per heavy atom. The maximum Gasteiger partial charge on any atom is 0.216 e. The van der Waals surface area contributed by atoms with Crippen LogP contribution in [0.4, 0.5) is 0 Å². The lowest BCUT2D eigenvalue weighted by Crippen LogP contribution is -2.43. The van der Waals surface area contributed by atoms with Crippen LogP contribution in [0.15, 0.2) is 23.8 Å². The number of rotatable bonds is 5. The van der Waals surface area contributed by atoms with Crippen LogP contribution >= 0.6 is 0 Å². The van der Waals surface area contributed by atoms with Gasteiger partial charge in [0.15, 0.2) is 0 Å². The van der Waals surface area contributed by atoms with Crippen LogP contribution in [0, 0.1) is 0 Å². The summed E-state index contributed by atoms with van der Waals surface area (Å²) in [6.45, 7) is 4.96. The summed E-state index contributed by atoms with van der Waals surface area (Å²) in [7, 11) is 1.66. The molecule has 0 bridgehead atoms. The number of hydrogen-bond acceptors (Lipinski definition) is 5. The molecule has 0 radical (unpaired) electrons. The Hall–Kier alpha value is -2.05. The summed E-state index contributed by atoms with van der Waals surface area (Å²) in [5.74, 6) is 1.61. The fourth-order valence-electron chi connectivity index (χ4n) is 3.57. The average molecular weight is 360 g/mol. The molecule has 26 heavy (non-hydrogen) atoms. The normalized spacial score (nSPS) is 23.3. The Morgan fingerprint density at radius 2 is 2.23 bits per heavy atom. The minimum atomic E-state index is -0.808. The molecule has 3 rings (SSSR count). The van der Waals surface area contributed by atoms with Gasteiger partial charge in [-0.2, -0.15) is 0 Å². The first kappa shape index (κ1) is 18.7. The Bertz CT molecular complexity index is 688. The molecule has 1 atom stereocenters. The van der Waals surface area contributed by atoms with Gasteiger partial charge in [-0.05, 0) is 55.7 Å². The van der Waals surface area contributed by atoms with E-state index < -0.39 is 5.60 Å². The molecule has 1 aromatic rings. The van der Waals surface area contributed by atoms with Crippen molar-refractivity contribution in [1.29, 1.82) is 0 Å². The first-order valence-electron chi connectivity index (χ1n) is 9.17. The number of benzene rings is 1. The fourth-order valence-corrected chi connectivity index (χ4v) is 3.57. The number of amides is 1. The molecule has 6 nitrogen and oxygen atoms in total. The summed E-state index contributed by atoms with van der Waals surface area (Å²) in [6, 6.07) is 5.83. The van der Waals surface area contributed by atoms with Crippen molar-refractivity contribution in [3.05, 3.63) is 29.3 Å². The number of nitrogens with zero attached hydrogens (tertiary/aromatic N) is 1. The molecular formula is C20H28N2O4. The van der Waals surface area contributed by atoms with Crippen molar-refractivity contribution in [2.24, 2.45) is 0 Å². The number of likely N-dealkylation sites (tertiary alicyclic amines) is 1. The molecule has 1 aromatic carbocycles. The molecule has 1 unspecified atom stereocenters. The highest BCUT2D eigenvalue weighted by atomic mass is 16.5. The van der Waals surface area contributed by atoms with Crippen molar-refractivity contribution in [3.63, 3.8) is 0 Å². The molecule has 1 saturated heterocycles. The van der Waals surface area contributed by atoms with Crippen LogP contribution in [0.3, 0.4) is 0 Å². The van der Waals surface area contributed by atoms with Crippen LogP contribution in [0.25, 0.3) is 6.08 Å². The van der Waals surface area contributed by atoms with Gasteiger partial charge in [0.25, 0.3) is 0 Å². The summed E-state index contributed by atoms with van der Waals surface area (Å²) >= 11 is 0. The standard InChI is InChI=1S/C20H28N2O4/c1-15(23)21-14-20(24)6-3-8-22(9-7-20)12-16-10-17-11-18(25-2)4-5-19(17)26-13-16/h4-5,10-11,24H,3,6-9,12-14H2,1-2H3,(H,21,23). The molecular weight excluding hydrogens is 332 g/mol. The van der Waals surface area contributed by atoms with Gasteiger partial charge >= 0.3 is 0 Å². The minimum absolute atomic E-state index is 0.0990. The van der Waals surface area contributed by atoms with Gasteiger partial charge in [-0.3, -0.25) is 9.69 Å². The van der Waals surface area contributed by atoms with Crippen molar-refractivity contribution in [1.82, 2.24) is 10.2 Å². The quantitative estimate of drug-likeness (QED) is 0.838. The first-order valence-corrected chi connectivity index (χ1v) is 9.17. The Morgan fingerprint density at radius 3 is 3.00 bits per heavy atom. The summed E-state index contributed by atoms with van der Waals surface area (Å²) in [5.41, 5.74) is 1.46. The van der Waals surface area contributed by atoms with E-state index in [0.29, 0.717) is 26.0 Å². The van der Waals surface area contributed by atoms with E-state index in [9.17, 15) is 9.90 Å². The second-order valence-corrected chi connectivity index (χ2v) is 7.26. The third kappa shape index (κ3) is 4.77. The number of nitrogens with one attached hydrogen (secondary N) is 1. The van der Waals surface area contributed by atoms with E-state index in [4.69, 9.17) is 9.47 Å². The van der Waals surface area contributed by atoms with Gasteiger partial charge in [0, 0.05) is 32.1 Å². The molecule has 1 amide bonds. The highest BCUT2D eigenvalue weighted by molar-refractivity contribution is 5.72. The van der Waals surface area contributed by atoms with Crippen LogP contribution in [0.2, 0.25) is 0 Å². The van der Waals surface area contributed by atoms with Crippen LogP contribution in [-0.2, 0) is 4.79 Å². The van der Waals surface area contributed by atoms with E-state index in [-0.39, 0.29) is 5.91 Å². The van der Waals surface area contributed by atoms with Crippen molar-refractivity contribution >= 4 is 12.0 Å². The third-order valence-corrected chi connectivity index (χ3v) is 5.09. The largest absolute Gasteiger partial charge is 0.497 e. The van der Waals surface area contributed by atoms with Crippen molar-refractivity contribution in [3.8, 4) is 11.5 Å². The zero-order valence-corrected chi connectivity index (χ0v) is 15.6. The predicted octanol–water partition coefficient (Wildman–Crippen LogP) is 1.82. The zero-order valence-electron chi connectivity index (χ0n) is 15.6. The number of ether oxygens (including phenoxy) is 2. The molecule has 0 saturated carbocycles. The smallest absolute Gasteiger partial charge is 0.216 e. The fraction of sp³-hybridized carbons (Fsp3) is 0.550. The lowest BCUT2D eigenvalue weighted by atomic mass is 9.95. The minimum Gasteiger partial charge on any atom is -0.497 e. The van der Waals surface area contributed by atoms with E-state index in [1.165, 1.54) is 12.5 Å². The molecule has 2 aliphatic rings. The Kier molecular flexibility index (Phi) is 5.84. The molecule has 0 aromatic heterocycles. The maximum atomic E-state index is 11.1. The number of fused-ring (bicyclic) bond motifs is 1. The molecule has 2 N–H and O–H groups in total. The summed E-state index contributed by atoms with van der Waals surface area (Å²) in [4.78, 5) is 13.5. The van der Waals surface area contributed by atoms with E-state index in [1.54, 1.807) is 7.11 Å². The van der Waals surface area contributed by atoms with Crippen LogP contribution in [-0.4, -0.2) is 61.4 Å². The summed E-state index contributed by atoms with van der Waals surface area (Å²) in [6.07, 6.45) is 4.45. The molecule has 6 heteroatoms. The van der Waals surface area contributed by atoms with E-state index >= 15 is 0 Å². The molecule has 0 spiro atoms. The number of methoxy groups -OCH3 is 1. The number of hydrogen-bond donors (Lipinski definition) is 2. The van der Waals surface area contributed by atoms with Gasteiger partial charge in [0.1, 0.15) is 18.1 Å². The molecule has 2 heterocycles. The van der Waals surface area contributed by atoms with E-state index in [2.05, 4.69) is 16.3 Å². The molecule has 0 aliphatic carbocycles. The maximum absolute atomic E-state index is 11.1. The SMILES string of the molecule is COc1ccc2c(c1)C=C(CN1CCCC(O)(CNC(C)=O)CC1)CO2. The van der Waals surface area contributed by atoms with Gasteiger partial charge in [-0.15, -0.1) is 0 Å². The lowest BCUT2D eigenvalue weighted by molar-refractivity contribution is -0.120. The zero-order chi connectivity index (χ0) is 18.6. The second-order valence-electron chi connectivity index (χ2n) is 7.26. The highest BCUT2D eigenvalue weighted by Gasteiger charge is 2.30.